The molecule has 0 aromatic heterocycles. The molecular formula is C18H26N2O3. The molecule has 1 aromatic rings. The minimum Gasteiger partial charge on any atom is -0.460 e. The molecule has 23 heavy (non-hydrogen) atoms. The van der Waals surface area contributed by atoms with Crippen LogP contribution in [-0.2, 0) is 14.3 Å². The van der Waals surface area contributed by atoms with Crippen LogP contribution in [0.1, 0.15) is 47.0 Å². The number of hydrogen-bond donors (Lipinski definition) is 1. The van der Waals surface area contributed by atoms with E-state index in [1.54, 1.807) is 17.0 Å². The monoisotopic (exact) mass is 318 g/mol. The number of ether oxygens (including phenoxy) is 1. The molecule has 1 aliphatic rings. The van der Waals surface area contributed by atoms with Gasteiger partial charge < -0.3 is 15.4 Å². The fourth-order valence-corrected chi connectivity index (χ4v) is 2.86. The summed E-state index contributed by atoms with van der Waals surface area (Å²) in [5.74, 6) is -0.208. The Morgan fingerprint density at radius 3 is 2.43 bits per heavy atom. The van der Waals surface area contributed by atoms with E-state index in [4.69, 9.17) is 10.5 Å². The maximum atomic E-state index is 12.5. The zero-order chi connectivity index (χ0) is 17.3. The molecule has 1 saturated heterocycles. The Hall–Kier alpha value is -2.04. The molecule has 0 bridgehead atoms. The maximum Gasteiger partial charge on any atom is 0.306 e. The molecule has 2 N–H and O–H groups in total. The Labute approximate surface area is 137 Å². The molecule has 2 rings (SSSR count). The van der Waals surface area contributed by atoms with Crippen molar-refractivity contribution in [3.63, 3.8) is 0 Å². The van der Waals surface area contributed by atoms with Gasteiger partial charge in [-0.3, -0.25) is 9.59 Å². The highest BCUT2D eigenvalue weighted by atomic mass is 16.6. The van der Waals surface area contributed by atoms with Gasteiger partial charge in [-0.05, 0) is 56.9 Å². The van der Waals surface area contributed by atoms with Crippen molar-refractivity contribution in [2.24, 2.45) is 5.41 Å². The lowest BCUT2D eigenvalue weighted by Crippen LogP contribution is -2.44. The van der Waals surface area contributed by atoms with Gasteiger partial charge in [0.15, 0.2) is 0 Å². The second-order valence-electron chi connectivity index (χ2n) is 7.64. The number of carbonyl (C=O) groups is 2. The van der Waals surface area contributed by atoms with Gasteiger partial charge in [-0.1, -0.05) is 6.92 Å². The van der Waals surface area contributed by atoms with Crippen LogP contribution >= 0.6 is 0 Å². The zero-order valence-corrected chi connectivity index (χ0v) is 14.4. The second-order valence-corrected chi connectivity index (χ2v) is 7.64. The summed E-state index contributed by atoms with van der Waals surface area (Å²) in [5.41, 5.74) is 6.37. The van der Waals surface area contributed by atoms with Gasteiger partial charge in [0, 0.05) is 24.3 Å². The van der Waals surface area contributed by atoms with Crippen LogP contribution in [0.2, 0.25) is 0 Å². The van der Waals surface area contributed by atoms with Crippen molar-refractivity contribution in [1.29, 1.82) is 0 Å². The number of benzene rings is 1. The Morgan fingerprint density at radius 2 is 1.91 bits per heavy atom. The first-order chi connectivity index (χ1) is 10.6. The Bertz CT molecular complexity index is 589. The highest BCUT2D eigenvalue weighted by molar-refractivity contribution is 5.95. The number of nitrogen functional groups attached to an aromatic ring is 1. The topological polar surface area (TPSA) is 72.6 Å². The van der Waals surface area contributed by atoms with Crippen LogP contribution in [0.25, 0.3) is 0 Å². The van der Waals surface area contributed by atoms with Gasteiger partial charge in [-0.15, -0.1) is 0 Å². The van der Waals surface area contributed by atoms with E-state index < -0.39 is 5.60 Å². The van der Waals surface area contributed by atoms with Crippen LogP contribution in [0.5, 0.6) is 0 Å². The van der Waals surface area contributed by atoms with E-state index in [-0.39, 0.29) is 23.7 Å². The van der Waals surface area contributed by atoms with Gasteiger partial charge in [-0.25, -0.2) is 0 Å². The molecule has 0 radical (unpaired) electrons. The number of nitrogens with zero attached hydrogens (tertiary/aromatic N) is 1. The van der Waals surface area contributed by atoms with Crippen molar-refractivity contribution >= 4 is 23.3 Å². The van der Waals surface area contributed by atoms with Crippen LogP contribution < -0.4 is 10.6 Å². The first-order valence-corrected chi connectivity index (χ1v) is 7.96. The summed E-state index contributed by atoms with van der Waals surface area (Å²) in [6.45, 7) is 8.13. The molecule has 1 aliphatic heterocycles. The standard InChI is InChI=1S/C18H26N2O3/c1-17(2,3)23-16(22)12-18(4)9-10-20(15(21)11-18)14-7-5-13(19)6-8-14/h5-8H,9-12,19H2,1-4H3. The average molecular weight is 318 g/mol. The van der Waals surface area contributed by atoms with Crippen molar-refractivity contribution in [2.45, 2.75) is 52.6 Å². The second kappa shape index (κ2) is 6.22. The number of piperidine rings is 1. The van der Waals surface area contributed by atoms with Crippen LogP contribution in [-0.4, -0.2) is 24.0 Å². The van der Waals surface area contributed by atoms with E-state index in [0.717, 1.165) is 12.1 Å². The van der Waals surface area contributed by atoms with Gasteiger partial charge in [0.1, 0.15) is 5.60 Å². The third-order valence-electron chi connectivity index (χ3n) is 4.01. The van der Waals surface area contributed by atoms with Crippen LogP contribution in [0.3, 0.4) is 0 Å². The third kappa shape index (κ3) is 4.71. The molecule has 0 spiro atoms. The highest BCUT2D eigenvalue weighted by Gasteiger charge is 2.38. The molecule has 1 heterocycles. The lowest BCUT2D eigenvalue weighted by molar-refractivity contribution is -0.158. The minimum absolute atomic E-state index is 0.0343. The smallest absolute Gasteiger partial charge is 0.306 e. The number of carbonyl (C=O) groups excluding carboxylic acids is 2. The molecule has 126 valence electrons. The number of nitrogens with two attached hydrogens (primary N) is 1. The quantitative estimate of drug-likeness (QED) is 0.686. The van der Waals surface area contributed by atoms with Crippen molar-refractivity contribution in [2.75, 3.05) is 17.2 Å². The van der Waals surface area contributed by atoms with Gasteiger partial charge in [0.25, 0.3) is 0 Å². The molecule has 1 fully saturated rings. The van der Waals surface area contributed by atoms with E-state index in [9.17, 15) is 9.59 Å². The SMILES string of the molecule is CC1(CC(=O)OC(C)(C)C)CCN(c2ccc(N)cc2)C(=O)C1. The van der Waals surface area contributed by atoms with Gasteiger partial charge in [0.05, 0.1) is 6.42 Å². The molecular weight excluding hydrogens is 292 g/mol. The maximum absolute atomic E-state index is 12.5. The van der Waals surface area contributed by atoms with Crippen molar-refractivity contribution in [1.82, 2.24) is 0 Å². The average Bonchev–Trinajstić information content (AvgIpc) is 2.37. The van der Waals surface area contributed by atoms with Gasteiger partial charge >= 0.3 is 5.97 Å². The predicted octanol–water partition coefficient (Wildman–Crippen LogP) is 3.13. The summed E-state index contributed by atoms with van der Waals surface area (Å²) >= 11 is 0. The van der Waals surface area contributed by atoms with Crippen molar-refractivity contribution < 1.29 is 14.3 Å². The minimum atomic E-state index is -0.498. The van der Waals surface area contributed by atoms with E-state index in [0.29, 0.717) is 18.7 Å². The van der Waals surface area contributed by atoms with E-state index >= 15 is 0 Å². The predicted molar refractivity (Wildman–Crippen MR) is 91.0 cm³/mol. The molecule has 1 amide bonds. The molecule has 0 saturated carbocycles. The van der Waals surface area contributed by atoms with E-state index in [1.165, 1.54) is 0 Å². The lowest BCUT2D eigenvalue weighted by Gasteiger charge is -2.38. The highest BCUT2D eigenvalue weighted by Crippen LogP contribution is 2.37. The number of amides is 1. The summed E-state index contributed by atoms with van der Waals surface area (Å²) in [6, 6.07) is 7.28. The Morgan fingerprint density at radius 1 is 1.30 bits per heavy atom. The number of esters is 1. The van der Waals surface area contributed by atoms with E-state index in [1.807, 2.05) is 39.8 Å². The summed E-state index contributed by atoms with van der Waals surface area (Å²) in [4.78, 5) is 26.3. The van der Waals surface area contributed by atoms with Gasteiger partial charge in [0.2, 0.25) is 5.91 Å². The van der Waals surface area contributed by atoms with Crippen molar-refractivity contribution in [3.8, 4) is 0 Å². The largest absolute Gasteiger partial charge is 0.460 e. The molecule has 5 nitrogen and oxygen atoms in total. The van der Waals surface area contributed by atoms with Crippen LogP contribution in [0.4, 0.5) is 11.4 Å². The summed E-state index contributed by atoms with van der Waals surface area (Å²) in [7, 11) is 0. The number of hydrogen-bond acceptors (Lipinski definition) is 4. The molecule has 1 atom stereocenters. The zero-order valence-electron chi connectivity index (χ0n) is 14.4. The van der Waals surface area contributed by atoms with Crippen LogP contribution in [0.15, 0.2) is 24.3 Å². The lowest BCUT2D eigenvalue weighted by atomic mass is 9.77. The Balaban J connectivity index is 2.01. The van der Waals surface area contributed by atoms with Crippen molar-refractivity contribution in [3.05, 3.63) is 24.3 Å². The molecule has 0 aliphatic carbocycles. The molecule has 5 heteroatoms. The fraction of sp³-hybridized carbons (Fsp3) is 0.556. The van der Waals surface area contributed by atoms with E-state index in [2.05, 4.69) is 0 Å². The van der Waals surface area contributed by atoms with Crippen LogP contribution in [0, 0.1) is 5.41 Å². The first-order valence-electron chi connectivity index (χ1n) is 7.96. The molecule has 1 aromatic carbocycles. The fourth-order valence-electron chi connectivity index (χ4n) is 2.86. The summed E-state index contributed by atoms with van der Waals surface area (Å²) in [5, 5.41) is 0. The number of rotatable bonds is 3. The third-order valence-corrected chi connectivity index (χ3v) is 4.01. The molecule has 1 unspecified atom stereocenters. The first kappa shape index (κ1) is 17.3. The number of anilines is 2. The summed E-state index contributed by atoms with van der Waals surface area (Å²) < 4.78 is 5.39. The normalized spacial score (nSPS) is 22.1. The Kier molecular flexibility index (Phi) is 4.68. The van der Waals surface area contributed by atoms with Gasteiger partial charge in [-0.2, -0.15) is 0 Å². The summed E-state index contributed by atoms with van der Waals surface area (Å²) in [6.07, 6.45) is 1.38.